The summed E-state index contributed by atoms with van der Waals surface area (Å²) in [5.74, 6) is -1.41. The van der Waals surface area contributed by atoms with Crippen LogP contribution in [-0.2, 0) is 6.18 Å². The Kier molecular flexibility index (Phi) is 4.51. The van der Waals surface area contributed by atoms with Crippen molar-refractivity contribution in [2.75, 3.05) is 0 Å². The zero-order valence-electron chi connectivity index (χ0n) is 10.9. The van der Waals surface area contributed by atoms with Crippen LogP contribution >= 0.6 is 0 Å². The van der Waals surface area contributed by atoms with Crippen LogP contribution in [0.3, 0.4) is 0 Å². The van der Waals surface area contributed by atoms with Crippen LogP contribution in [0.15, 0.2) is 0 Å². The van der Waals surface area contributed by atoms with Gasteiger partial charge in [0.05, 0.1) is 27.8 Å². The molecule has 22 heavy (non-hydrogen) atoms. The molecule has 0 amide bonds. The molecule has 0 bridgehead atoms. The number of fused-ring (bicyclic) bond motifs is 1. The van der Waals surface area contributed by atoms with Crippen LogP contribution in [0.2, 0.25) is 0 Å². The molecule has 0 fully saturated rings. The van der Waals surface area contributed by atoms with Gasteiger partial charge in [-0.25, -0.2) is 4.98 Å². The second-order valence-corrected chi connectivity index (χ2v) is 3.75. The van der Waals surface area contributed by atoms with Gasteiger partial charge in [-0.1, -0.05) is 0 Å². The van der Waals surface area contributed by atoms with Crippen molar-refractivity contribution in [2.24, 2.45) is 0 Å². The quantitative estimate of drug-likeness (QED) is 0.740. The molecule has 0 aliphatic heterocycles. The number of hydrogen-bond donors (Lipinski definition) is 1. The summed E-state index contributed by atoms with van der Waals surface area (Å²) in [6.07, 6.45) is -4.82. The van der Waals surface area contributed by atoms with Gasteiger partial charge in [-0.05, 0) is 0 Å². The predicted octanol–water partition coefficient (Wildman–Crippen LogP) is 1.69. The van der Waals surface area contributed by atoms with Crippen LogP contribution in [0.5, 0.6) is 0 Å². The number of imidazole rings is 1. The first-order chi connectivity index (χ1) is 9.88. The van der Waals surface area contributed by atoms with Crippen molar-refractivity contribution in [1.82, 2.24) is 9.97 Å². The van der Waals surface area contributed by atoms with E-state index in [2.05, 4.69) is 4.98 Å². The summed E-state index contributed by atoms with van der Waals surface area (Å²) in [7, 11) is 0. The molecule has 0 saturated heterocycles. The van der Waals surface area contributed by atoms with Crippen LogP contribution in [0.1, 0.15) is 28.1 Å². The molecule has 0 aliphatic rings. The van der Waals surface area contributed by atoms with Gasteiger partial charge >= 0.3 is 6.18 Å². The van der Waals surface area contributed by atoms with Crippen molar-refractivity contribution in [2.45, 2.75) is 6.18 Å². The standard InChI is InChI=1S/C12HF3N6.Li/c13-12(14,15)11-20-9-7(3-18)5(1-16)6(2-17)8(4-19)10(9)21-11;/h(H,20,21);. The molecule has 2 aromatic rings. The number of nitrogens with zero attached hydrogens (tertiary/aromatic N) is 5. The summed E-state index contributed by atoms with van der Waals surface area (Å²) >= 11 is 0. The Morgan fingerprint density at radius 3 is 1.68 bits per heavy atom. The molecular formula is C12HF3LiN6. The van der Waals surface area contributed by atoms with E-state index in [1.807, 2.05) is 4.98 Å². The van der Waals surface area contributed by atoms with Gasteiger partial charge in [0, 0.05) is 18.9 Å². The Labute approximate surface area is 133 Å². The van der Waals surface area contributed by atoms with E-state index in [0.29, 0.717) is 0 Å². The van der Waals surface area contributed by atoms with Gasteiger partial charge in [-0.3, -0.25) is 0 Å². The average molecular weight is 293 g/mol. The van der Waals surface area contributed by atoms with Crippen molar-refractivity contribution in [3.05, 3.63) is 28.1 Å². The summed E-state index contributed by atoms with van der Waals surface area (Å²) in [5.41, 5.74) is -2.71. The van der Waals surface area contributed by atoms with Gasteiger partial charge in [0.25, 0.3) is 0 Å². The minimum atomic E-state index is -4.82. The molecule has 0 atom stereocenters. The number of aromatic nitrogens is 2. The monoisotopic (exact) mass is 293 g/mol. The molecule has 0 saturated carbocycles. The molecule has 101 valence electrons. The predicted molar refractivity (Wildman–Crippen MR) is 65.7 cm³/mol. The molecule has 0 aliphatic carbocycles. The number of rotatable bonds is 0. The molecule has 1 aromatic carbocycles. The van der Waals surface area contributed by atoms with E-state index in [1.165, 1.54) is 0 Å². The second kappa shape index (κ2) is 5.80. The van der Waals surface area contributed by atoms with E-state index in [-0.39, 0.29) is 18.9 Å². The average Bonchev–Trinajstić information content (AvgIpc) is 2.88. The van der Waals surface area contributed by atoms with Gasteiger partial charge in [0.1, 0.15) is 29.8 Å². The Balaban J connectivity index is 0.00000242. The molecule has 2 rings (SSSR count). The molecule has 1 aromatic heterocycles. The topological polar surface area (TPSA) is 124 Å². The largest absolute Gasteiger partial charge is 0.449 e. The Morgan fingerprint density at radius 2 is 1.27 bits per heavy atom. The Morgan fingerprint density at radius 1 is 0.818 bits per heavy atom. The maximum Gasteiger partial charge on any atom is 0.449 e. The molecule has 0 unspecified atom stereocenters. The van der Waals surface area contributed by atoms with Crippen molar-refractivity contribution in [1.29, 1.82) is 21.0 Å². The number of benzene rings is 1. The molecule has 1 radical (unpaired) electrons. The minimum Gasteiger partial charge on any atom is -0.333 e. The number of aromatic amines is 1. The number of hydrogen-bond acceptors (Lipinski definition) is 5. The number of alkyl halides is 3. The van der Waals surface area contributed by atoms with E-state index >= 15 is 0 Å². The maximum atomic E-state index is 12.7. The van der Waals surface area contributed by atoms with Gasteiger partial charge in [-0.2, -0.15) is 34.2 Å². The van der Waals surface area contributed by atoms with E-state index in [1.54, 1.807) is 24.3 Å². The van der Waals surface area contributed by atoms with Gasteiger partial charge in [0.15, 0.2) is 0 Å². The summed E-state index contributed by atoms with van der Waals surface area (Å²) < 4.78 is 38.0. The van der Waals surface area contributed by atoms with Crippen LogP contribution < -0.4 is 0 Å². The van der Waals surface area contributed by atoms with E-state index < -0.39 is 45.3 Å². The smallest absolute Gasteiger partial charge is 0.333 e. The van der Waals surface area contributed by atoms with E-state index in [4.69, 9.17) is 21.0 Å². The molecule has 6 nitrogen and oxygen atoms in total. The third-order valence-electron chi connectivity index (χ3n) is 2.66. The fourth-order valence-electron chi connectivity index (χ4n) is 1.81. The summed E-state index contributed by atoms with van der Waals surface area (Å²) in [4.78, 5) is 5.12. The molecule has 10 heteroatoms. The van der Waals surface area contributed by atoms with Crippen molar-refractivity contribution < 1.29 is 13.2 Å². The molecule has 1 heterocycles. The SMILES string of the molecule is N#Cc1c(C#N)c(C#N)c2[nH]c(C(F)(F)F)nc2c1C#N.[Li]. The summed E-state index contributed by atoms with van der Waals surface area (Å²) in [6, 6.07) is 6.21. The number of nitriles is 4. The third kappa shape index (κ3) is 2.37. The fourth-order valence-corrected chi connectivity index (χ4v) is 1.81. The van der Waals surface area contributed by atoms with Gasteiger partial charge in [-0.15, -0.1) is 0 Å². The van der Waals surface area contributed by atoms with Gasteiger partial charge < -0.3 is 4.98 Å². The van der Waals surface area contributed by atoms with E-state index in [9.17, 15) is 13.2 Å². The van der Waals surface area contributed by atoms with Crippen molar-refractivity contribution in [3.63, 3.8) is 0 Å². The van der Waals surface area contributed by atoms with Crippen LogP contribution in [0.25, 0.3) is 11.0 Å². The number of H-pyrrole nitrogens is 1. The first-order valence-electron chi connectivity index (χ1n) is 5.16. The second-order valence-electron chi connectivity index (χ2n) is 3.75. The summed E-state index contributed by atoms with van der Waals surface area (Å²) in [5, 5.41) is 36.0. The number of nitrogens with one attached hydrogen (secondary N) is 1. The summed E-state index contributed by atoms with van der Waals surface area (Å²) in [6.45, 7) is 0. The molecule has 0 spiro atoms. The normalized spacial score (nSPS) is 9.95. The first-order valence-corrected chi connectivity index (χ1v) is 5.16. The fraction of sp³-hybridized carbons (Fsp3) is 0.0833. The van der Waals surface area contributed by atoms with Crippen molar-refractivity contribution in [3.8, 4) is 24.3 Å². The van der Waals surface area contributed by atoms with Crippen molar-refractivity contribution >= 4 is 29.9 Å². The Bertz CT molecular complexity index is 861. The van der Waals surface area contributed by atoms with Crippen LogP contribution in [-0.4, -0.2) is 28.8 Å². The maximum absolute atomic E-state index is 12.7. The van der Waals surface area contributed by atoms with Crippen LogP contribution in [0, 0.1) is 45.3 Å². The molecule has 1 N–H and O–H groups in total. The van der Waals surface area contributed by atoms with E-state index in [0.717, 1.165) is 0 Å². The zero-order chi connectivity index (χ0) is 15.8. The minimum absolute atomic E-state index is 0. The zero-order valence-corrected chi connectivity index (χ0v) is 10.9. The third-order valence-corrected chi connectivity index (χ3v) is 2.66. The van der Waals surface area contributed by atoms with Crippen LogP contribution in [0.4, 0.5) is 13.2 Å². The number of halogens is 3. The first kappa shape index (κ1) is 17.1. The Hall–Kier alpha value is -2.96. The van der Waals surface area contributed by atoms with Gasteiger partial charge in [0.2, 0.25) is 5.82 Å². The molecular weight excluding hydrogens is 292 g/mol.